The van der Waals surface area contributed by atoms with Crippen LogP contribution in [0.15, 0.2) is 46.8 Å². The van der Waals surface area contributed by atoms with Crippen molar-refractivity contribution in [3.63, 3.8) is 0 Å². The van der Waals surface area contributed by atoms with Crippen LogP contribution < -0.4 is 116 Å². The van der Waals surface area contributed by atoms with Crippen molar-refractivity contribution >= 4 is 0 Å². The van der Waals surface area contributed by atoms with E-state index >= 15 is 0 Å². The van der Waals surface area contributed by atoms with Crippen LogP contribution in [0.3, 0.4) is 0 Å². The van der Waals surface area contributed by atoms with Gasteiger partial charge in [0.25, 0.3) is 0 Å². The van der Waals surface area contributed by atoms with E-state index in [4.69, 9.17) is 27.0 Å². The molecule has 4 N–H and O–H groups in total. The molecule has 0 amide bonds. The third kappa shape index (κ3) is 7.60. The molecule has 264 valence electrons. The summed E-state index contributed by atoms with van der Waals surface area (Å²) in [5.41, 5.74) is 6.37. The molecule has 6 fully saturated rings. The number of fused-ring (bicyclic) bond motifs is 10. The second kappa shape index (κ2) is 17.7. The standard InChI is InChI=1S/2C21H28NO.2H2O.2Rb/c2*1-20-10-8-16(23)12-14(20)4-6-17-18-7-5-15(13-22-3)21(18,2)11-9-19(17)20;;;;/h12-13,16-19,23H,1,4-11H2,2H3;4,13,16-19,23H,1,5-12H2,2H3;2*1H2;;/q2*-1;;;2*+1/p-2/b2*15-13-;;;;/t2*16-,17+,18+,19+,20+,21-;;;;/m11..../s1. The molecule has 0 saturated heterocycles. The van der Waals surface area contributed by atoms with Gasteiger partial charge >= 0.3 is 116 Å². The minimum absolute atomic E-state index is 0. The van der Waals surface area contributed by atoms with Crippen molar-refractivity contribution in [3.05, 3.63) is 83.5 Å². The number of hydrogen-bond acceptors (Lipinski definition) is 4. The first kappa shape index (κ1) is 45.8. The maximum Gasteiger partial charge on any atom is 1.00 e. The molecule has 0 heterocycles. The molecule has 8 aliphatic rings. The Hall–Kier alpha value is 1.39. The van der Waals surface area contributed by atoms with Gasteiger partial charge in [0, 0.05) is 0 Å². The zero-order valence-corrected chi connectivity index (χ0v) is 41.2. The summed E-state index contributed by atoms with van der Waals surface area (Å²) in [5, 5.41) is 20.0. The molecule has 12 atom stereocenters. The predicted octanol–water partition coefficient (Wildman–Crippen LogP) is 3.51. The molecule has 6 saturated carbocycles. The number of aliphatic hydroxyl groups excluding tert-OH is 2. The molecule has 8 rings (SSSR count). The quantitative estimate of drug-likeness (QED) is 0.288. The second-order valence-corrected chi connectivity index (χ2v) is 17.3. The Morgan fingerprint density at radius 2 is 1.20 bits per heavy atom. The molecule has 8 heteroatoms. The summed E-state index contributed by atoms with van der Waals surface area (Å²) in [6, 6.07) is 0. The Morgan fingerprint density at radius 1 is 0.680 bits per heavy atom. The third-order valence-corrected chi connectivity index (χ3v) is 15.8. The van der Waals surface area contributed by atoms with Gasteiger partial charge in [-0.05, 0) is 112 Å². The van der Waals surface area contributed by atoms with Gasteiger partial charge in [0.2, 0.25) is 0 Å². The summed E-state index contributed by atoms with van der Waals surface area (Å²) in [5.74, 6) is 4.30. The average Bonchev–Trinajstić information content (AvgIpc) is 3.55. The van der Waals surface area contributed by atoms with E-state index in [-0.39, 0.29) is 161 Å². The zero-order valence-electron chi connectivity index (χ0n) is 31.3. The van der Waals surface area contributed by atoms with Gasteiger partial charge in [0.05, 0.1) is 25.4 Å². The average molecular weight is 826 g/mol. The number of allylic oxidation sites excluding steroid dienone is 4. The van der Waals surface area contributed by atoms with Gasteiger partial charge in [-0.1, -0.05) is 85.8 Å². The van der Waals surface area contributed by atoms with Crippen LogP contribution in [0.2, 0.25) is 0 Å². The van der Waals surface area contributed by atoms with Crippen molar-refractivity contribution in [3.8, 4) is 0 Å². The molecule has 0 spiro atoms. The van der Waals surface area contributed by atoms with Gasteiger partial charge in [-0.15, -0.1) is 10.8 Å². The molecule has 0 aromatic rings. The maximum atomic E-state index is 10.0. The van der Waals surface area contributed by atoms with Crippen molar-refractivity contribution < 1.29 is 138 Å². The predicted molar refractivity (Wildman–Crippen MR) is 188 cm³/mol. The van der Waals surface area contributed by atoms with Gasteiger partial charge in [0.15, 0.2) is 12.4 Å². The van der Waals surface area contributed by atoms with Crippen LogP contribution in [-0.4, -0.2) is 33.4 Å². The Kier molecular flexibility index (Phi) is 16.2. The van der Waals surface area contributed by atoms with Gasteiger partial charge in [-0.25, -0.2) is 9.69 Å². The molecule has 6 nitrogen and oxygen atoms in total. The second-order valence-electron chi connectivity index (χ2n) is 17.3. The van der Waals surface area contributed by atoms with Crippen molar-refractivity contribution in [1.82, 2.24) is 0 Å². The molecule has 8 aliphatic carbocycles. The smallest absolute Gasteiger partial charge is 0.870 e. The van der Waals surface area contributed by atoms with Gasteiger partial charge in [-0.2, -0.15) is 0 Å². The molecular formula is C42H58N2O4Rb2-2. The molecule has 50 heavy (non-hydrogen) atoms. The Balaban J connectivity index is 0.000000250. The fourth-order valence-corrected chi connectivity index (χ4v) is 13.2. The molecule has 0 aromatic heterocycles. The van der Waals surface area contributed by atoms with Crippen LogP contribution in [0.5, 0.6) is 0 Å². The van der Waals surface area contributed by atoms with Crippen molar-refractivity contribution in [1.29, 1.82) is 0 Å². The molecule has 0 aromatic carbocycles. The van der Waals surface area contributed by atoms with Crippen LogP contribution in [0.1, 0.15) is 117 Å². The summed E-state index contributed by atoms with van der Waals surface area (Å²) in [4.78, 5) is 7.17. The summed E-state index contributed by atoms with van der Waals surface area (Å²) in [7, 11) is 0. The SMILES string of the molecule is [C-]#[N+]/C=C1/CC[C@H]2[C@@H]3CC=C4C[C@H](O)CC[C@]4([CH2-])[C@H]3CC[C@]12C.[C-]#[N+]/C=C1/CC[C@H]2[C@@H]3CCC4=C[C@H](O)CC[C@]4([CH2-])[C@H]3CC[C@]12C.[OH-].[OH-].[Rb+].[Rb+]. The van der Waals surface area contributed by atoms with Crippen molar-refractivity contribution in [2.24, 2.45) is 57.2 Å². The number of hydrogen-bond donors (Lipinski definition) is 2. The minimum Gasteiger partial charge on any atom is -0.870 e. The van der Waals surface area contributed by atoms with E-state index in [2.05, 4.69) is 35.7 Å². The molecular weight excluding hydrogens is 767 g/mol. The molecule has 0 radical (unpaired) electrons. The monoisotopic (exact) mass is 824 g/mol. The number of nitrogens with zero attached hydrogens (tertiary/aromatic N) is 2. The van der Waals surface area contributed by atoms with Gasteiger partial charge in [-0.3, -0.25) is 0 Å². The Bertz CT molecular complexity index is 1460. The van der Waals surface area contributed by atoms with E-state index in [1.807, 2.05) is 12.4 Å². The van der Waals surface area contributed by atoms with E-state index in [1.54, 1.807) is 0 Å². The van der Waals surface area contributed by atoms with Crippen LogP contribution >= 0.6 is 0 Å². The van der Waals surface area contributed by atoms with Crippen molar-refractivity contribution in [2.75, 3.05) is 0 Å². The molecule has 0 bridgehead atoms. The third-order valence-electron chi connectivity index (χ3n) is 15.8. The van der Waals surface area contributed by atoms with E-state index < -0.39 is 0 Å². The normalized spacial score (nSPS) is 46.5. The first-order valence-electron chi connectivity index (χ1n) is 18.6. The van der Waals surface area contributed by atoms with Crippen LogP contribution in [0, 0.1) is 84.2 Å². The Labute approximate surface area is 400 Å². The summed E-state index contributed by atoms with van der Waals surface area (Å²) < 4.78 is 0. The van der Waals surface area contributed by atoms with E-state index in [0.717, 1.165) is 81.5 Å². The Morgan fingerprint density at radius 3 is 1.78 bits per heavy atom. The summed E-state index contributed by atoms with van der Waals surface area (Å²) in [6.45, 7) is 28.7. The molecule has 0 aliphatic heterocycles. The van der Waals surface area contributed by atoms with Gasteiger partial charge < -0.3 is 35.0 Å². The van der Waals surface area contributed by atoms with Crippen LogP contribution in [0.4, 0.5) is 0 Å². The minimum atomic E-state index is -0.245. The van der Waals surface area contributed by atoms with E-state index in [1.165, 1.54) is 67.2 Å². The largest absolute Gasteiger partial charge is 1.00 e. The fraction of sp³-hybridized carbons (Fsp3) is 0.714. The first-order chi connectivity index (χ1) is 22.0. The van der Waals surface area contributed by atoms with Crippen LogP contribution in [-0.2, 0) is 0 Å². The topological polar surface area (TPSA) is 109 Å². The van der Waals surface area contributed by atoms with Gasteiger partial charge in [0.1, 0.15) is 0 Å². The summed E-state index contributed by atoms with van der Waals surface area (Å²) in [6.07, 6.45) is 25.7. The van der Waals surface area contributed by atoms with Crippen molar-refractivity contribution in [2.45, 2.75) is 129 Å². The zero-order chi connectivity index (χ0) is 32.5. The number of aliphatic hydroxyl groups is 2. The van der Waals surface area contributed by atoms with E-state index in [9.17, 15) is 10.2 Å². The fourth-order valence-electron chi connectivity index (χ4n) is 13.2. The maximum absolute atomic E-state index is 10.0. The number of rotatable bonds is 0. The van der Waals surface area contributed by atoms with Crippen LogP contribution in [0.25, 0.3) is 9.69 Å². The molecule has 0 unspecified atom stereocenters. The van der Waals surface area contributed by atoms with E-state index in [0.29, 0.717) is 11.8 Å². The summed E-state index contributed by atoms with van der Waals surface area (Å²) >= 11 is 0. The first-order valence-corrected chi connectivity index (χ1v) is 18.6.